The average molecular weight is 460 g/mol. The lowest BCUT2D eigenvalue weighted by Gasteiger charge is -2.22. The minimum Gasteiger partial charge on any atom is -0.368 e. The van der Waals surface area contributed by atoms with E-state index >= 15 is 0 Å². The third kappa shape index (κ3) is 3.58. The number of aromatic amines is 1. The van der Waals surface area contributed by atoms with E-state index in [0.717, 1.165) is 0 Å². The zero-order chi connectivity index (χ0) is 23.1. The Balaban J connectivity index is 1.73. The fraction of sp³-hybridized carbons (Fsp3) is 0.0870. The molecular weight excluding hydrogens is 442 g/mol. The molecule has 9 nitrogen and oxygen atoms in total. The number of hydrogen-bond acceptors (Lipinski definition) is 7. The number of halogens is 1. The summed E-state index contributed by atoms with van der Waals surface area (Å²) in [7, 11) is 0. The first-order chi connectivity index (χ1) is 15.9. The van der Waals surface area contributed by atoms with Crippen molar-refractivity contribution in [1.82, 2.24) is 24.5 Å². The van der Waals surface area contributed by atoms with E-state index in [1.165, 1.54) is 6.33 Å². The number of nitrogens with one attached hydrogen (secondary N) is 2. The van der Waals surface area contributed by atoms with Gasteiger partial charge < -0.3 is 16.0 Å². The van der Waals surface area contributed by atoms with E-state index in [2.05, 4.69) is 25.3 Å². The van der Waals surface area contributed by atoms with Crippen LogP contribution in [0.25, 0.3) is 27.5 Å². The topological polar surface area (TPSA) is 132 Å². The van der Waals surface area contributed by atoms with Crippen LogP contribution in [-0.2, 0) is 0 Å². The van der Waals surface area contributed by atoms with Crippen molar-refractivity contribution in [2.24, 2.45) is 0 Å². The molecular formula is C23H18ClN7O2. The first-order valence-corrected chi connectivity index (χ1v) is 10.5. The number of nitrogens with two attached hydrogens (primary N) is 1. The Kier molecular flexibility index (Phi) is 5.02. The van der Waals surface area contributed by atoms with E-state index < -0.39 is 11.6 Å². The molecule has 0 bridgehead atoms. The number of hydrogen-bond donors (Lipinski definition) is 3. The SMILES string of the molecule is C[C@H](Nc1nc(N)nc2nc[nH]c(=O)c12)c1cc2cccc(Cl)c2c(=O)n1-c1ccccc1. The Morgan fingerprint density at radius 2 is 1.85 bits per heavy atom. The molecule has 0 unspecified atom stereocenters. The summed E-state index contributed by atoms with van der Waals surface area (Å²) in [6, 6.07) is 16.0. The molecule has 1 atom stereocenters. The van der Waals surface area contributed by atoms with E-state index in [9.17, 15) is 9.59 Å². The first kappa shape index (κ1) is 20.7. The molecule has 4 N–H and O–H groups in total. The second-order valence-electron chi connectivity index (χ2n) is 7.48. The molecule has 0 saturated heterocycles. The fourth-order valence-corrected chi connectivity index (χ4v) is 4.14. The molecule has 164 valence electrons. The number of nitrogens with zero attached hydrogens (tertiary/aromatic N) is 4. The van der Waals surface area contributed by atoms with Crippen molar-refractivity contribution in [2.75, 3.05) is 11.1 Å². The Morgan fingerprint density at radius 3 is 2.64 bits per heavy atom. The molecule has 0 aliphatic carbocycles. The van der Waals surface area contributed by atoms with E-state index in [0.29, 0.717) is 27.2 Å². The summed E-state index contributed by atoms with van der Waals surface area (Å²) in [4.78, 5) is 40.9. The molecule has 0 spiro atoms. The van der Waals surface area contributed by atoms with E-state index in [1.54, 1.807) is 16.7 Å². The molecule has 10 heteroatoms. The van der Waals surface area contributed by atoms with Gasteiger partial charge in [-0.25, -0.2) is 4.98 Å². The third-order valence-electron chi connectivity index (χ3n) is 5.35. The van der Waals surface area contributed by atoms with Crippen LogP contribution in [0, 0.1) is 0 Å². The van der Waals surface area contributed by atoms with Crippen molar-refractivity contribution in [3.05, 3.63) is 92.3 Å². The van der Waals surface area contributed by atoms with E-state index in [1.807, 2.05) is 49.4 Å². The molecule has 0 amide bonds. The summed E-state index contributed by atoms with van der Waals surface area (Å²) in [6.45, 7) is 1.86. The third-order valence-corrected chi connectivity index (χ3v) is 5.67. The van der Waals surface area contributed by atoms with Gasteiger partial charge in [0.2, 0.25) is 5.95 Å². The maximum Gasteiger partial charge on any atom is 0.264 e. The van der Waals surface area contributed by atoms with Crippen LogP contribution in [0.1, 0.15) is 18.7 Å². The van der Waals surface area contributed by atoms with Gasteiger partial charge in [0.15, 0.2) is 5.65 Å². The average Bonchev–Trinajstić information content (AvgIpc) is 2.79. The van der Waals surface area contributed by atoms with Crippen LogP contribution in [0.15, 0.2) is 70.5 Å². The van der Waals surface area contributed by atoms with Gasteiger partial charge in [-0.15, -0.1) is 0 Å². The number of anilines is 2. The first-order valence-electron chi connectivity index (χ1n) is 10.1. The number of nitrogen functional groups attached to an aromatic ring is 1. The van der Waals surface area contributed by atoms with Gasteiger partial charge in [-0.05, 0) is 36.6 Å². The van der Waals surface area contributed by atoms with Gasteiger partial charge in [-0.3, -0.25) is 14.2 Å². The van der Waals surface area contributed by atoms with Gasteiger partial charge in [0, 0.05) is 11.4 Å². The summed E-state index contributed by atoms with van der Waals surface area (Å²) in [6.07, 6.45) is 1.25. The predicted molar refractivity (Wildman–Crippen MR) is 129 cm³/mol. The van der Waals surface area contributed by atoms with E-state index in [4.69, 9.17) is 17.3 Å². The van der Waals surface area contributed by atoms with Crippen LogP contribution in [0.2, 0.25) is 5.02 Å². The normalized spacial score (nSPS) is 12.2. The molecule has 5 rings (SSSR count). The lowest BCUT2D eigenvalue weighted by molar-refractivity contribution is 0.774. The molecule has 0 saturated carbocycles. The molecule has 5 aromatic rings. The van der Waals surface area contributed by atoms with Crippen molar-refractivity contribution >= 4 is 45.2 Å². The number of fused-ring (bicyclic) bond motifs is 2. The van der Waals surface area contributed by atoms with Crippen molar-refractivity contribution in [2.45, 2.75) is 13.0 Å². The highest BCUT2D eigenvalue weighted by molar-refractivity contribution is 6.35. The quantitative estimate of drug-likeness (QED) is 0.375. The summed E-state index contributed by atoms with van der Waals surface area (Å²) in [5.41, 5.74) is 6.69. The van der Waals surface area contributed by atoms with Crippen LogP contribution in [0.4, 0.5) is 11.8 Å². The molecule has 3 heterocycles. The van der Waals surface area contributed by atoms with Gasteiger partial charge >= 0.3 is 0 Å². The van der Waals surface area contributed by atoms with Crippen molar-refractivity contribution in [1.29, 1.82) is 0 Å². The largest absolute Gasteiger partial charge is 0.368 e. The molecule has 0 fully saturated rings. The van der Waals surface area contributed by atoms with Gasteiger partial charge in [0.25, 0.3) is 11.1 Å². The Labute approximate surface area is 191 Å². The molecule has 3 aromatic heterocycles. The molecule has 0 aliphatic heterocycles. The lowest BCUT2D eigenvalue weighted by Crippen LogP contribution is -2.26. The summed E-state index contributed by atoms with van der Waals surface area (Å²) in [5.74, 6) is 0.193. The Hall–Kier alpha value is -4.24. The van der Waals surface area contributed by atoms with Crippen LogP contribution in [-0.4, -0.2) is 24.5 Å². The van der Waals surface area contributed by atoms with Crippen LogP contribution >= 0.6 is 11.6 Å². The summed E-state index contributed by atoms with van der Waals surface area (Å²) >= 11 is 6.38. The number of pyridine rings is 1. The van der Waals surface area contributed by atoms with E-state index in [-0.39, 0.29) is 28.4 Å². The maximum atomic E-state index is 13.6. The zero-order valence-corrected chi connectivity index (χ0v) is 18.2. The Bertz CT molecular complexity index is 1630. The number of benzene rings is 2. The summed E-state index contributed by atoms with van der Waals surface area (Å²) < 4.78 is 1.60. The van der Waals surface area contributed by atoms with Crippen LogP contribution in [0.3, 0.4) is 0 Å². The van der Waals surface area contributed by atoms with Crippen LogP contribution < -0.4 is 22.2 Å². The fourth-order valence-electron chi connectivity index (χ4n) is 3.88. The number of H-pyrrole nitrogens is 1. The minimum absolute atomic E-state index is 0.0268. The van der Waals surface area contributed by atoms with Gasteiger partial charge in [0.1, 0.15) is 11.2 Å². The van der Waals surface area contributed by atoms with Crippen molar-refractivity contribution in [3.63, 3.8) is 0 Å². The second-order valence-corrected chi connectivity index (χ2v) is 7.88. The van der Waals surface area contributed by atoms with Gasteiger partial charge in [-0.1, -0.05) is 41.9 Å². The molecule has 2 aromatic carbocycles. The number of aromatic nitrogens is 5. The smallest absolute Gasteiger partial charge is 0.264 e. The second kappa shape index (κ2) is 8.03. The number of para-hydroxylation sites is 1. The van der Waals surface area contributed by atoms with Crippen LogP contribution in [0.5, 0.6) is 0 Å². The maximum absolute atomic E-state index is 13.6. The standard InChI is InChI=1S/C23H18ClN7O2/c1-12(28-20-18-19(29-23(25)30-20)26-11-27-21(18)32)16-10-13-6-5-9-15(24)17(13)22(33)31(16)14-7-3-2-4-8-14/h2-12H,1H3,(H4,25,26,27,28,29,30,32)/t12-/m0/s1. The van der Waals surface area contributed by atoms with Gasteiger partial charge in [-0.2, -0.15) is 9.97 Å². The highest BCUT2D eigenvalue weighted by atomic mass is 35.5. The minimum atomic E-state index is -0.460. The summed E-state index contributed by atoms with van der Waals surface area (Å²) in [5, 5.41) is 4.90. The molecule has 33 heavy (non-hydrogen) atoms. The monoisotopic (exact) mass is 459 g/mol. The molecule has 0 aliphatic rings. The zero-order valence-electron chi connectivity index (χ0n) is 17.4. The molecule has 0 radical (unpaired) electrons. The van der Waals surface area contributed by atoms with Crippen molar-refractivity contribution < 1.29 is 0 Å². The highest BCUT2D eigenvalue weighted by Gasteiger charge is 2.20. The lowest BCUT2D eigenvalue weighted by atomic mass is 10.1. The Morgan fingerprint density at radius 1 is 1.06 bits per heavy atom. The van der Waals surface area contributed by atoms with Gasteiger partial charge in [0.05, 0.1) is 22.8 Å². The number of rotatable bonds is 4. The predicted octanol–water partition coefficient (Wildman–Crippen LogP) is 3.43. The highest BCUT2D eigenvalue weighted by Crippen LogP contribution is 2.28. The van der Waals surface area contributed by atoms with Crippen molar-refractivity contribution in [3.8, 4) is 5.69 Å².